The van der Waals surface area contributed by atoms with Crippen LogP contribution in [0.15, 0.2) is 0 Å². The first kappa shape index (κ1) is 18.4. The van der Waals surface area contributed by atoms with E-state index in [1.54, 1.807) is 0 Å². The first-order valence-corrected chi connectivity index (χ1v) is 6.58. The fourth-order valence-corrected chi connectivity index (χ4v) is 1.33. The molecular formula is C13H22O7. The van der Waals surface area contributed by atoms with Crippen molar-refractivity contribution in [3.63, 3.8) is 0 Å². The molecule has 0 bridgehead atoms. The maximum atomic E-state index is 11.2. The van der Waals surface area contributed by atoms with Crippen LogP contribution in [0.5, 0.6) is 0 Å². The molecule has 0 heterocycles. The van der Waals surface area contributed by atoms with Gasteiger partial charge in [0.05, 0.1) is 26.1 Å². The molecule has 0 radical (unpaired) electrons. The molecule has 0 aliphatic heterocycles. The topological polar surface area (TPSA) is 99.1 Å². The molecule has 7 heteroatoms. The van der Waals surface area contributed by atoms with Crippen molar-refractivity contribution in [1.82, 2.24) is 0 Å². The van der Waals surface area contributed by atoms with Crippen LogP contribution < -0.4 is 0 Å². The fourth-order valence-electron chi connectivity index (χ4n) is 1.33. The van der Waals surface area contributed by atoms with Crippen LogP contribution in [-0.4, -0.2) is 49.9 Å². The molecule has 0 saturated carbocycles. The minimum absolute atomic E-state index is 0.110. The molecule has 116 valence electrons. The number of hydrogen-bond acceptors (Lipinski definition) is 6. The molecule has 0 atom stereocenters. The van der Waals surface area contributed by atoms with Gasteiger partial charge in [0, 0.05) is 13.5 Å². The average Bonchev–Trinajstić information content (AvgIpc) is 2.40. The summed E-state index contributed by atoms with van der Waals surface area (Å²) in [6, 6.07) is 0. The van der Waals surface area contributed by atoms with Crippen molar-refractivity contribution in [2.45, 2.75) is 38.5 Å². The highest BCUT2D eigenvalue weighted by Crippen LogP contribution is 2.03. The number of carbonyl (C=O) groups is 3. The lowest BCUT2D eigenvalue weighted by molar-refractivity contribution is -0.148. The zero-order valence-electron chi connectivity index (χ0n) is 11.8. The largest absolute Gasteiger partial charge is 0.481 e. The Hall–Kier alpha value is -1.63. The van der Waals surface area contributed by atoms with Crippen LogP contribution >= 0.6 is 0 Å². The van der Waals surface area contributed by atoms with Gasteiger partial charge in [0.15, 0.2) is 0 Å². The summed E-state index contributed by atoms with van der Waals surface area (Å²) >= 11 is 0. The Kier molecular flexibility index (Phi) is 11.4. The Morgan fingerprint density at radius 1 is 0.800 bits per heavy atom. The van der Waals surface area contributed by atoms with E-state index in [0.29, 0.717) is 25.9 Å². The molecular weight excluding hydrogens is 268 g/mol. The van der Waals surface area contributed by atoms with Crippen molar-refractivity contribution in [1.29, 1.82) is 0 Å². The third-order valence-corrected chi connectivity index (χ3v) is 2.38. The van der Waals surface area contributed by atoms with Gasteiger partial charge in [-0.25, -0.2) is 0 Å². The molecule has 0 fully saturated rings. The molecule has 0 saturated heterocycles. The highest BCUT2D eigenvalue weighted by Gasteiger charge is 2.06. The number of hydrogen-bond donors (Lipinski definition) is 1. The van der Waals surface area contributed by atoms with Crippen LogP contribution in [0.4, 0.5) is 0 Å². The molecule has 7 nitrogen and oxygen atoms in total. The Morgan fingerprint density at radius 3 is 2.10 bits per heavy atom. The van der Waals surface area contributed by atoms with E-state index in [2.05, 4.69) is 0 Å². The van der Waals surface area contributed by atoms with Crippen molar-refractivity contribution in [2.75, 3.05) is 26.9 Å². The first-order chi connectivity index (χ1) is 9.56. The van der Waals surface area contributed by atoms with Gasteiger partial charge in [-0.15, -0.1) is 0 Å². The average molecular weight is 290 g/mol. The molecule has 20 heavy (non-hydrogen) atoms. The maximum absolute atomic E-state index is 11.2. The lowest BCUT2D eigenvalue weighted by Gasteiger charge is -2.05. The molecule has 0 aromatic carbocycles. The standard InChI is InChI=1S/C13H22O7/c1-18-9-10-20-12(16)5-3-2-4-8-19-13(17)7-6-11(14)15/h2-10H2,1H3,(H,14,15). The number of unbranched alkanes of at least 4 members (excludes halogenated alkanes) is 2. The van der Waals surface area contributed by atoms with E-state index in [9.17, 15) is 14.4 Å². The number of ether oxygens (including phenoxy) is 3. The minimum Gasteiger partial charge on any atom is -0.481 e. The lowest BCUT2D eigenvalue weighted by atomic mass is 10.2. The number of rotatable bonds is 12. The van der Waals surface area contributed by atoms with E-state index in [1.807, 2.05) is 0 Å². The molecule has 0 spiro atoms. The van der Waals surface area contributed by atoms with Gasteiger partial charge in [0.2, 0.25) is 0 Å². The molecule has 1 N–H and O–H groups in total. The zero-order valence-corrected chi connectivity index (χ0v) is 11.8. The summed E-state index contributed by atoms with van der Waals surface area (Å²) in [7, 11) is 1.53. The van der Waals surface area contributed by atoms with Crippen LogP contribution in [0, 0.1) is 0 Å². The summed E-state index contributed by atoms with van der Waals surface area (Å²) in [6.45, 7) is 0.895. The van der Waals surface area contributed by atoms with Gasteiger partial charge in [-0.05, 0) is 19.3 Å². The van der Waals surface area contributed by atoms with Crippen molar-refractivity contribution >= 4 is 17.9 Å². The third kappa shape index (κ3) is 12.8. The van der Waals surface area contributed by atoms with Crippen LogP contribution in [0.2, 0.25) is 0 Å². The second-order valence-corrected chi connectivity index (χ2v) is 4.14. The minimum atomic E-state index is -1.02. The SMILES string of the molecule is COCCOC(=O)CCCCCOC(=O)CCC(=O)O. The molecule has 0 amide bonds. The van der Waals surface area contributed by atoms with E-state index in [1.165, 1.54) is 7.11 Å². The maximum Gasteiger partial charge on any atom is 0.306 e. The summed E-state index contributed by atoms with van der Waals surface area (Å²) < 4.78 is 14.5. The van der Waals surface area contributed by atoms with Gasteiger partial charge in [0.25, 0.3) is 0 Å². The summed E-state index contributed by atoms with van der Waals surface area (Å²) in [5.74, 6) is -1.79. The Balaban J connectivity index is 3.33. The monoisotopic (exact) mass is 290 g/mol. The molecule has 0 aromatic rings. The first-order valence-electron chi connectivity index (χ1n) is 6.58. The Bertz CT molecular complexity index is 301. The number of carboxylic acids is 1. The molecule has 0 rings (SSSR count). The molecule has 0 aliphatic rings. The summed E-state index contributed by atoms with van der Waals surface area (Å²) in [4.78, 5) is 32.5. The fraction of sp³-hybridized carbons (Fsp3) is 0.769. The zero-order chi connectivity index (χ0) is 15.2. The van der Waals surface area contributed by atoms with Gasteiger partial charge in [-0.2, -0.15) is 0 Å². The van der Waals surface area contributed by atoms with E-state index >= 15 is 0 Å². The normalized spacial score (nSPS) is 10.1. The Labute approximate surface area is 118 Å². The molecule has 0 aliphatic carbocycles. The van der Waals surface area contributed by atoms with Gasteiger partial charge in [-0.1, -0.05) is 0 Å². The van der Waals surface area contributed by atoms with Crippen LogP contribution in [0.25, 0.3) is 0 Å². The van der Waals surface area contributed by atoms with Gasteiger partial charge in [0.1, 0.15) is 6.61 Å². The van der Waals surface area contributed by atoms with Gasteiger partial charge < -0.3 is 19.3 Å². The highest BCUT2D eigenvalue weighted by atomic mass is 16.6. The van der Waals surface area contributed by atoms with Crippen LogP contribution in [-0.2, 0) is 28.6 Å². The number of esters is 2. The number of carbonyl (C=O) groups excluding carboxylic acids is 2. The number of carboxylic acid groups (broad SMARTS) is 1. The van der Waals surface area contributed by atoms with Gasteiger partial charge >= 0.3 is 17.9 Å². The lowest BCUT2D eigenvalue weighted by Crippen LogP contribution is -2.10. The summed E-state index contributed by atoms with van der Waals surface area (Å²) in [5, 5.41) is 8.37. The molecule has 0 aromatic heterocycles. The number of methoxy groups -OCH3 is 1. The third-order valence-electron chi connectivity index (χ3n) is 2.38. The number of aliphatic carboxylic acids is 1. The quantitative estimate of drug-likeness (QED) is 0.425. The van der Waals surface area contributed by atoms with Crippen molar-refractivity contribution in [3.05, 3.63) is 0 Å². The predicted octanol–water partition coefficient (Wildman–Crippen LogP) is 1.14. The smallest absolute Gasteiger partial charge is 0.306 e. The second-order valence-electron chi connectivity index (χ2n) is 4.14. The van der Waals surface area contributed by atoms with E-state index in [4.69, 9.17) is 19.3 Å². The molecule has 0 unspecified atom stereocenters. The van der Waals surface area contributed by atoms with Crippen LogP contribution in [0.3, 0.4) is 0 Å². The summed E-state index contributed by atoms with van der Waals surface area (Å²) in [5.41, 5.74) is 0. The van der Waals surface area contributed by atoms with Gasteiger partial charge in [-0.3, -0.25) is 14.4 Å². The summed E-state index contributed by atoms with van der Waals surface area (Å²) in [6.07, 6.45) is 2.05. The van der Waals surface area contributed by atoms with E-state index in [0.717, 1.165) is 6.42 Å². The van der Waals surface area contributed by atoms with Crippen LogP contribution in [0.1, 0.15) is 38.5 Å². The van der Waals surface area contributed by atoms with E-state index in [-0.39, 0.29) is 32.0 Å². The predicted molar refractivity (Wildman–Crippen MR) is 69.1 cm³/mol. The second kappa shape index (κ2) is 12.4. The van der Waals surface area contributed by atoms with Crippen molar-refractivity contribution in [3.8, 4) is 0 Å². The highest BCUT2D eigenvalue weighted by molar-refractivity contribution is 5.76. The van der Waals surface area contributed by atoms with Crippen molar-refractivity contribution < 1.29 is 33.7 Å². The van der Waals surface area contributed by atoms with Crippen molar-refractivity contribution in [2.24, 2.45) is 0 Å². The Morgan fingerprint density at radius 2 is 1.45 bits per heavy atom. The van der Waals surface area contributed by atoms with E-state index < -0.39 is 11.9 Å².